The Bertz CT molecular complexity index is 963. The highest BCUT2D eigenvalue weighted by molar-refractivity contribution is 5.84. The Labute approximate surface area is 170 Å². The van der Waals surface area contributed by atoms with Crippen molar-refractivity contribution in [2.75, 3.05) is 13.1 Å². The maximum atomic E-state index is 13.3. The monoisotopic (exact) mass is 390 g/mol. The summed E-state index contributed by atoms with van der Waals surface area (Å²) in [6, 6.07) is 17.6. The average Bonchev–Trinajstić information content (AvgIpc) is 3.30. The Balaban J connectivity index is 1.51. The van der Waals surface area contributed by atoms with Crippen molar-refractivity contribution in [1.29, 1.82) is 0 Å². The number of nitrogens with one attached hydrogen (secondary N) is 2. The van der Waals surface area contributed by atoms with Crippen molar-refractivity contribution in [1.82, 2.24) is 20.4 Å². The molecule has 0 radical (unpaired) electrons. The highest BCUT2D eigenvalue weighted by Crippen LogP contribution is 2.29. The maximum Gasteiger partial charge on any atom is 0.248 e. The third-order valence-corrected chi connectivity index (χ3v) is 5.52. The minimum atomic E-state index is -0.652. The van der Waals surface area contributed by atoms with Crippen LogP contribution in [0.15, 0.2) is 67.0 Å². The lowest BCUT2D eigenvalue weighted by Crippen LogP contribution is -2.54. The molecule has 0 spiro atoms. The largest absolute Gasteiger partial charge is 0.457 e. The molecule has 2 N–H and O–H groups in total. The molecule has 0 aliphatic carbocycles. The number of nitrogens with zero attached hydrogens (tertiary/aromatic N) is 2. The van der Waals surface area contributed by atoms with E-state index < -0.39 is 5.54 Å². The smallest absolute Gasteiger partial charge is 0.248 e. The van der Waals surface area contributed by atoms with Gasteiger partial charge in [0.2, 0.25) is 5.91 Å². The zero-order valence-electron chi connectivity index (χ0n) is 16.6. The number of hydrogen-bond donors (Lipinski definition) is 2. The van der Waals surface area contributed by atoms with Gasteiger partial charge in [-0.2, -0.15) is 5.10 Å². The van der Waals surface area contributed by atoms with Gasteiger partial charge in [0, 0.05) is 24.5 Å². The number of benzene rings is 2. The van der Waals surface area contributed by atoms with Gasteiger partial charge in [0.25, 0.3) is 0 Å². The highest BCUT2D eigenvalue weighted by atomic mass is 16.5. The number of piperidine rings is 1. The molecule has 1 amide bonds. The number of amides is 1. The van der Waals surface area contributed by atoms with Crippen LogP contribution in [0.1, 0.15) is 24.0 Å². The van der Waals surface area contributed by atoms with E-state index in [4.69, 9.17) is 4.74 Å². The Morgan fingerprint density at radius 2 is 1.83 bits per heavy atom. The van der Waals surface area contributed by atoms with Gasteiger partial charge in [-0.15, -0.1) is 0 Å². The summed E-state index contributed by atoms with van der Waals surface area (Å²) in [5.41, 5.74) is 1.35. The summed E-state index contributed by atoms with van der Waals surface area (Å²) in [7, 11) is 0. The molecule has 1 aliphatic rings. The topological polar surface area (TPSA) is 68.2 Å². The summed E-state index contributed by atoms with van der Waals surface area (Å²) in [5, 5.41) is 10.8. The Morgan fingerprint density at radius 1 is 1.10 bits per heavy atom. The van der Waals surface area contributed by atoms with E-state index in [1.807, 2.05) is 67.7 Å². The summed E-state index contributed by atoms with van der Waals surface area (Å²) in [6.45, 7) is 4.00. The molecule has 1 saturated heterocycles. The van der Waals surface area contributed by atoms with Crippen LogP contribution in [0, 0.1) is 6.92 Å². The molecule has 6 nitrogen and oxygen atoms in total. The third kappa shape index (κ3) is 4.03. The molecule has 1 aromatic heterocycles. The first kappa shape index (κ1) is 19.2. The quantitative estimate of drug-likeness (QED) is 0.677. The number of rotatable bonds is 6. The molecule has 4 rings (SSSR count). The van der Waals surface area contributed by atoms with Gasteiger partial charge < -0.3 is 15.4 Å². The molecule has 2 aromatic carbocycles. The predicted molar refractivity (Wildman–Crippen MR) is 112 cm³/mol. The number of para-hydroxylation sites is 2. The fourth-order valence-corrected chi connectivity index (χ4v) is 3.80. The second kappa shape index (κ2) is 8.49. The summed E-state index contributed by atoms with van der Waals surface area (Å²) in [6.07, 6.45) is 5.02. The molecule has 1 aliphatic heterocycles. The van der Waals surface area contributed by atoms with E-state index in [1.165, 1.54) is 0 Å². The van der Waals surface area contributed by atoms with Gasteiger partial charge in [-0.1, -0.05) is 36.4 Å². The van der Waals surface area contributed by atoms with Crippen LogP contribution in [0.2, 0.25) is 0 Å². The molecule has 3 aromatic rings. The fourth-order valence-electron chi connectivity index (χ4n) is 3.80. The number of aryl methyl sites for hydroxylation is 1. The van der Waals surface area contributed by atoms with Gasteiger partial charge >= 0.3 is 0 Å². The van der Waals surface area contributed by atoms with Crippen LogP contribution in [0.25, 0.3) is 0 Å². The lowest BCUT2D eigenvalue weighted by molar-refractivity contribution is -0.132. The van der Waals surface area contributed by atoms with Crippen molar-refractivity contribution in [3.8, 4) is 11.5 Å². The van der Waals surface area contributed by atoms with Crippen molar-refractivity contribution < 1.29 is 9.53 Å². The Kier molecular flexibility index (Phi) is 5.62. The minimum absolute atomic E-state index is 0.00612. The number of carbonyl (C=O) groups excluding carboxylic acids is 1. The van der Waals surface area contributed by atoms with Crippen LogP contribution in [0.3, 0.4) is 0 Å². The minimum Gasteiger partial charge on any atom is -0.457 e. The first-order valence-corrected chi connectivity index (χ1v) is 10.00. The van der Waals surface area contributed by atoms with E-state index in [2.05, 4.69) is 15.7 Å². The summed E-state index contributed by atoms with van der Waals surface area (Å²) >= 11 is 0. The molecule has 0 saturated carbocycles. The molecule has 29 heavy (non-hydrogen) atoms. The van der Waals surface area contributed by atoms with E-state index in [9.17, 15) is 4.79 Å². The molecule has 0 atom stereocenters. The molecule has 6 heteroatoms. The number of carbonyl (C=O) groups is 1. The van der Waals surface area contributed by atoms with Crippen LogP contribution < -0.4 is 15.4 Å². The third-order valence-electron chi connectivity index (χ3n) is 5.52. The summed E-state index contributed by atoms with van der Waals surface area (Å²) in [5.74, 6) is 1.56. The second-order valence-electron chi connectivity index (χ2n) is 7.39. The van der Waals surface area contributed by atoms with E-state index in [1.54, 1.807) is 10.9 Å². The first-order valence-electron chi connectivity index (χ1n) is 10.00. The van der Waals surface area contributed by atoms with E-state index in [-0.39, 0.29) is 5.91 Å². The van der Waals surface area contributed by atoms with Gasteiger partial charge in [0.1, 0.15) is 17.0 Å². The van der Waals surface area contributed by atoms with Crippen LogP contribution in [-0.4, -0.2) is 28.8 Å². The van der Waals surface area contributed by atoms with Crippen molar-refractivity contribution in [2.24, 2.45) is 0 Å². The maximum absolute atomic E-state index is 13.3. The lowest BCUT2D eigenvalue weighted by atomic mass is 9.87. The zero-order valence-corrected chi connectivity index (χ0v) is 16.6. The van der Waals surface area contributed by atoms with Crippen LogP contribution in [-0.2, 0) is 16.9 Å². The summed E-state index contributed by atoms with van der Waals surface area (Å²) < 4.78 is 7.94. The van der Waals surface area contributed by atoms with Gasteiger partial charge in [-0.25, -0.2) is 0 Å². The van der Waals surface area contributed by atoms with Crippen molar-refractivity contribution in [3.05, 3.63) is 78.1 Å². The van der Waals surface area contributed by atoms with Crippen molar-refractivity contribution in [3.63, 3.8) is 0 Å². The zero-order chi connectivity index (χ0) is 20.1. The molecular formula is C23H26N4O2. The molecule has 1 fully saturated rings. The lowest BCUT2D eigenvalue weighted by Gasteiger charge is -2.36. The van der Waals surface area contributed by atoms with Crippen LogP contribution >= 0.6 is 0 Å². The van der Waals surface area contributed by atoms with E-state index >= 15 is 0 Å². The predicted octanol–water partition coefficient (Wildman–Crippen LogP) is 3.38. The summed E-state index contributed by atoms with van der Waals surface area (Å²) in [4.78, 5) is 13.3. The number of hydrogen-bond acceptors (Lipinski definition) is 4. The fraction of sp³-hybridized carbons (Fsp3) is 0.304. The normalized spacial score (nSPS) is 15.6. The second-order valence-corrected chi connectivity index (χ2v) is 7.39. The molecular weight excluding hydrogens is 364 g/mol. The average molecular weight is 390 g/mol. The van der Waals surface area contributed by atoms with Crippen LogP contribution in [0.4, 0.5) is 0 Å². The Morgan fingerprint density at radius 3 is 2.55 bits per heavy atom. The standard InChI is InChI=1S/C23H26N4O2/c1-18-7-2-4-9-20(18)29-21-10-5-3-8-19(21)17-25-22(28)23(11-14-24-15-12-23)27-16-6-13-26-27/h2-10,13,16,24H,11-12,14-15,17H2,1H3,(H,25,28). The van der Waals surface area contributed by atoms with Crippen molar-refractivity contribution in [2.45, 2.75) is 31.8 Å². The molecule has 0 unspecified atom stereocenters. The van der Waals surface area contributed by atoms with Crippen LogP contribution in [0.5, 0.6) is 11.5 Å². The van der Waals surface area contributed by atoms with E-state index in [0.717, 1.165) is 35.7 Å². The number of ether oxygens (including phenoxy) is 1. The van der Waals surface area contributed by atoms with Gasteiger partial charge in [-0.05, 0) is 56.6 Å². The molecule has 0 bridgehead atoms. The van der Waals surface area contributed by atoms with Gasteiger partial charge in [-0.3, -0.25) is 9.48 Å². The Hall–Kier alpha value is -3.12. The van der Waals surface area contributed by atoms with Gasteiger partial charge in [0.05, 0.1) is 0 Å². The van der Waals surface area contributed by atoms with Crippen molar-refractivity contribution >= 4 is 5.91 Å². The SMILES string of the molecule is Cc1ccccc1Oc1ccccc1CNC(=O)C1(n2cccn2)CCNCC1. The van der Waals surface area contributed by atoms with Gasteiger partial charge in [0.15, 0.2) is 0 Å². The number of aromatic nitrogens is 2. The highest BCUT2D eigenvalue weighted by Gasteiger charge is 2.41. The first-order chi connectivity index (χ1) is 14.2. The van der Waals surface area contributed by atoms with E-state index in [0.29, 0.717) is 19.4 Å². The molecule has 150 valence electrons. The molecule has 2 heterocycles.